The number of hydrogen-bond donors (Lipinski definition) is 1. The lowest BCUT2D eigenvalue weighted by atomic mass is 10.2. The Balaban J connectivity index is 2.19. The Hall–Kier alpha value is -1.38. The summed E-state index contributed by atoms with van der Waals surface area (Å²) >= 11 is 0. The second-order valence-corrected chi connectivity index (χ2v) is 3.60. The zero-order valence-corrected chi connectivity index (χ0v) is 7.40. The van der Waals surface area contributed by atoms with Crippen LogP contribution in [0.25, 0.3) is 0 Å². The Bertz CT molecular complexity index is 331. The first-order valence-electron chi connectivity index (χ1n) is 4.37. The van der Waals surface area contributed by atoms with Crippen LogP contribution in [-0.4, -0.2) is 16.1 Å². The quantitative estimate of drug-likeness (QED) is 0.750. The standard InChI is InChI=1S/C10H11NO2/c1-6-4-8(6)9-3-2-7(5-11-9)10(12)13/h2-3,5-6,8H,4H2,1H3,(H,12,13). The average Bonchev–Trinajstić information content (AvgIpc) is 2.83. The molecule has 0 saturated heterocycles. The number of hydrogen-bond acceptors (Lipinski definition) is 2. The van der Waals surface area contributed by atoms with Gasteiger partial charge in [0.05, 0.1) is 5.56 Å². The van der Waals surface area contributed by atoms with Gasteiger partial charge in [0.25, 0.3) is 0 Å². The van der Waals surface area contributed by atoms with Crippen molar-refractivity contribution in [3.05, 3.63) is 29.6 Å². The molecule has 1 heterocycles. The fourth-order valence-electron chi connectivity index (χ4n) is 1.49. The minimum atomic E-state index is -0.914. The van der Waals surface area contributed by atoms with Crippen LogP contribution in [0.5, 0.6) is 0 Å². The van der Waals surface area contributed by atoms with Crippen LogP contribution in [0.2, 0.25) is 0 Å². The van der Waals surface area contributed by atoms with Crippen molar-refractivity contribution in [1.29, 1.82) is 0 Å². The molecule has 0 aromatic carbocycles. The Kier molecular flexibility index (Phi) is 1.79. The molecule has 0 amide bonds. The highest BCUT2D eigenvalue weighted by molar-refractivity contribution is 5.87. The van der Waals surface area contributed by atoms with Crippen molar-refractivity contribution < 1.29 is 9.90 Å². The van der Waals surface area contributed by atoms with Gasteiger partial charge in [0, 0.05) is 17.8 Å². The monoisotopic (exact) mass is 177 g/mol. The summed E-state index contributed by atoms with van der Waals surface area (Å²) in [4.78, 5) is 14.7. The van der Waals surface area contributed by atoms with Crippen LogP contribution >= 0.6 is 0 Å². The Morgan fingerprint density at radius 2 is 2.31 bits per heavy atom. The molecule has 3 heteroatoms. The van der Waals surface area contributed by atoms with Crippen LogP contribution in [0.4, 0.5) is 0 Å². The van der Waals surface area contributed by atoms with Gasteiger partial charge in [-0.25, -0.2) is 4.79 Å². The molecule has 0 bridgehead atoms. The Labute approximate surface area is 76.4 Å². The van der Waals surface area contributed by atoms with Gasteiger partial charge in [0.2, 0.25) is 0 Å². The van der Waals surface area contributed by atoms with Crippen LogP contribution in [0.3, 0.4) is 0 Å². The normalized spacial score (nSPS) is 25.6. The molecule has 2 rings (SSSR count). The average molecular weight is 177 g/mol. The SMILES string of the molecule is CC1CC1c1ccc(C(=O)O)cn1. The van der Waals surface area contributed by atoms with Gasteiger partial charge in [0.15, 0.2) is 0 Å². The molecule has 1 aliphatic rings. The smallest absolute Gasteiger partial charge is 0.337 e. The largest absolute Gasteiger partial charge is 0.478 e. The van der Waals surface area contributed by atoms with Crippen molar-refractivity contribution in [2.24, 2.45) is 5.92 Å². The lowest BCUT2D eigenvalue weighted by molar-refractivity contribution is 0.0696. The maximum absolute atomic E-state index is 10.5. The topological polar surface area (TPSA) is 50.2 Å². The predicted octanol–water partition coefficient (Wildman–Crippen LogP) is 1.90. The molecule has 68 valence electrons. The summed E-state index contributed by atoms with van der Waals surface area (Å²) < 4.78 is 0. The maximum Gasteiger partial charge on any atom is 0.337 e. The highest BCUT2D eigenvalue weighted by Gasteiger charge is 2.34. The Morgan fingerprint density at radius 3 is 2.69 bits per heavy atom. The zero-order chi connectivity index (χ0) is 9.42. The molecule has 1 aliphatic carbocycles. The summed E-state index contributed by atoms with van der Waals surface area (Å²) in [6.07, 6.45) is 2.61. The van der Waals surface area contributed by atoms with Crippen LogP contribution < -0.4 is 0 Å². The van der Waals surface area contributed by atoms with E-state index in [0.717, 1.165) is 5.69 Å². The molecule has 0 aliphatic heterocycles. The van der Waals surface area contributed by atoms with Gasteiger partial charge < -0.3 is 5.11 Å². The number of aromatic nitrogens is 1. The van der Waals surface area contributed by atoms with Crippen LogP contribution in [0.1, 0.15) is 35.3 Å². The molecule has 1 fully saturated rings. The Morgan fingerprint density at radius 1 is 1.62 bits per heavy atom. The lowest BCUT2D eigenvalue weighted by Crippen LogP contribution is -1.98. The van der Waals surface area contributed by atoms with Gasteiger partial charge in [0.1, 0.15) is 0 Å². The molecule has 1 saturated carbocycles. The zero-order valence-electron chi connectivity index (χ0n) is 7.40. The van der Waals surface area contributed by atoms with E-state index in [1.54, 1.807) is 6.07 Å². The van der Waals surface area contributed by atoms with E-state index in [1.807, 2.05) is 6.07 Å². The first-order valence-corrected chi connectivity index (χ1v) is 4.37. The molecular formula is C10H11NO2. The third kappa shape index (κ3) is 1.54. The third-order valence-corrected chi connectivity index (χ3v) is 2.52. The van der Waals surface area contributed by atoms with Gasteiger partial charge in [-0.3, -0.25) is 4.98 Å². The summed E-state index contributed by atoms with van der Waals surface area (Å²) in [5.41, 5.74) is 1.29. The van der Waals surface area contributed by atoms with Crippen LogP contribution in [-0.2, 0) is 0 Å². The van der Waals surface area contributed by atoms with Crippen molar-refractivity contribution in [3.63, 3.8) is 0 Å². The molecule has 13 heavy (non-hydrogen) atoms. The van der Waals surface area contributed by atoms with Crippen molar-refractivity contribution >= 4 is 5.97 Å². The minimum Gasteiger partial charge on any atom is -0.478 e. The minimum absolute atomic E-state index is 0.261. The van der Waals surface area contributed by atoms with Crippen molar-refractivity contribution in [2.75, 3.05) is 0 Å². The van der Waals surface area contributed by atoms with E-state index in [9.17, 15) is 4.79 Å². The second kappa shape index (κ2) is 2.83. The lowest BCUT2D eigenvalue weighted by Gasteiger charge is -1.97. The number of aromatic carboxylic acids is 1. The summed E-state index contributed by atoms with van der Waals surface area (Å²) in [6.45, 7) is 2.18. The van der Waals surface area contributed by atoms with Crippen molar-refractivity contribution in [3.8, 4) is 0 Å². The number of rotatable bonds is 2. The van der Waals surface area contributed by atoms with Gasteiger partial charge in [-0.15, -0.1) is 0 Å². The first kappa shape index (κ1) is 8.23. The van der Waals surface area contributed by atoms with Crippen LogP contribution in [0, 0.1) is 5.92 Å². The third-order valence-electron chi connectivity index (χ3n) is 2.52. The van der Waals surface area contributed by atoms with E-state index in [0.29, 0.717) is 11.8 Å². The van der Waals surface area contributed by atoms with E-state index in [2.05, 4.69) is 11.9 Å². The van der Waals surface area contributed by atoms with Gasteiger partial charge in [-0.05, 0) is 24.5 Å². The fraction of sp³-hybridized carbons (Fsp3) is 0.400. The predicted molar refractivity (Wildman–Crippen MR) is 47.7 cm³/mol. The van der Waals surface area contributed by atoms with E-state index in [4.69, 9.17) is 5.11 Å². The molecule has 3 nitrogen and oxygen atoms in total. The van der Waals surface area contributed by atoms with E-state index >= 15 is 0 Å². The van der Waals surface area contributed by atoms with Gasteiger partial charge >= 0.3 is 5.97 Å². The number of pyridine rings is 1. The van der Waals surface area contributed by atoms with Crippen LogP contribution in [0.15, 0.2) is 18.3 Å². The molecule has 1 N–H and O–H groups in total. The van der Waals surface area contributed by atoms with E-state index < -0.39 is 5.97 Å². The first-order chi connectivity index (χ1) is 6.18. The highest BCUT2D eigenvalue weighted by Crippen LogP contribution is 2.45. The number of carbonyl (C=O) groups is 1. The molecule has 1 aromatic heterocycles. The molecule has 0 radical (unpaired) electrons. The van der Waals surface area contributed by atoms with Crippen molar-refractivity contribution in [1.82, 2.24) is 4.98 Å². The molecule has 2 unspecified atom stereocenters. The maximum atomic E-state index is 10.5. The van der Waals surface area contributed by atoms with Gasteiger partial charge in [-0.2, -0.15) is 0 Å². The molecular weight excluding hydrogens is 166 g/mol. The van der Waals surface area contributed by atoms with E-state index in [1.165, 1.54) is 12.6 Å². The second-order valence-electron chi connectivity index (χ2n) is 3.60. The highest BCUT2D eigenvalue weighted by atomic mass is 16.4. The molecule has 2 atom stereocenters. The fourth-order valence-corrected chi connectivity index (χ4v) is 1.49. The summed E-state index contributed by atoms with van der Waals surface area (Å²) in [5, 5.41) is 8.64. The summed E-state index contributed by atoms with van der Waals surface area (Å²) in [5.74, 6) is 0.355. The summed E-state index contributed by atoms with van der Waals surface area (Å²) in [6, 6.07) is 3.44. The number of nitrogens with zero attached hydrogens (tertiary/aromatic N) is 1. The molecule has 0 spiro atoms. The summed E-state index contributed by atoms with van der Waals surface area (Å²) in [7, 11) is 0. The molecule has 1 aromatic rings. The van der Waals surface area contributed by atoms with E-state index in [-0.39, 0.29) is 5.56 Å². The number of carboxylic acid groups (broad SMARTS) is 1. The number of carboxylic acids is 1. The van der Waals surface area contributed by atoms with Crippen molar-refractivity contribution in [2.45, 2.75) is 19.3 Å². The van der Waals surface area contributed by atoms with Gasteiger partial charge in [-0.1, -0.05) is 6.92 Å².